The first-order chi connectivity index (χ1) is 10.7. The van der Waals surface area contributed by atoms with Crippen LogP contribution in [0.2, 0.25) is 0 Å². The number of esters is 1. The molecule has 1 atom stereocenters. The van der Waals surface area contributed by atoms with E-state index in [2.05, 4.69) is 10.1 Å². The van der Waals surface area contributed by atoms with Gasteiger partial charge in [0, 0.05) is 0 Å². The van der Waals surface area contributed by atoms with Crippen LogP contribution < -0.4 is 5.32 Å². The molecule has 0 saturated carbocycles. The van der Waals surface area contributed by atoms with Gasteiger partial charge in [0.25, 0.3) is 0 Å². The van der Waals surface area contributed by atoms with Crippen LogP contribution in [0.4, 0.5) is 4.79 Å². The van der Waals surface area contributed by atoms with Crippen LogP contribution in [0.25, 0.3) is 11.1 Å². The van der Waals surface area contributed by atoms with Gasteiger partial charge < -0.3 is 14.8 Å². The third-order valence-corrected chi connectivity index (χ3v) is 3.40. The fourth-order valence-corrected chi connectivity index (χ4v) is 2.09. The quantitative estimate of drug-likeness (QED) is 0.881. The van der Waals surface area contributed by atoms with Crippen LogP contribution >= 0.6 is 0 Å². The van der Waals surface area contributed by atoms with Gasteiger partial charge >= 0.3 is 12.1 Å². The molecule has 1 aliphatic rings. The highest BCUT2D eigenvalue weighted by molar-refractivity contribution is 5.85. The van der Waals surface area contributed by atoms with Crippen molar-refractivity contribution in [3.05, 3.63) is 60.2 Å². The maximum atomic E-state index is 11.5. The molecular weight excluding hydrogens is 282 g/mol. The van der Waals surface area contributed by atoms with Crippen LogP contribution in [-0.4, -0.2) is 24.7 Å². The highest BCUT2D eigenvalue weighted by atomic mass is 16.6. The Bertz CT molecular complexity index is 667. The van der Waals surface area contributed by atoms with Gasteiger partial charge in [-0.3, -0.25) is 0 Å². The minimum Gasteiger partial charge on any atom is -0.461 e. The smallest absolute Gasteiger partial charge is 0.408 e. The van der Waals surface area contributed by atoms with Crippen molar-refractivity contribution < 1.29 is 19.1 Å². The third kappa shape index (κ3) is 3.25. The van der Waals surface area contributed by atoms with Crippen molar-refractivity contribution in [2.24, 2.45) is 0 Å². The Balaban J connectivity index is 1.53. The Morgan fingerprint density at radius 3 is 2.36 bits per heavy atom. The number of ether oxygens (including phenoxy) is 2. The molecule has 0 spiro atoms. The number of carbonyl (C=O) groups is 2. The Morgan fingerprint density at radius 1 is 1.09 bits per heavy atom. The first kappa shape index (κ1) is 14.1. The highest BCUT2D eigenvalue weighted by Gasteiger charge is 2.32. The zero-order valence-corrected chi connectivity index (χ0v) is 11.8. The molecule has 2 aromatic rings. The zero-order valence-electron chi connectivity index (χ0n) is 11.8. The number of nitrogens with one attached hydrogen (secondary N) is 1. The van der Waals surface area contributed by atoms with E-state index in [1.54, 1.807) is 0 Å². The van der Waals surface area contributed by atoms with Crippen molar-refractivity contribution in [1.82, 2.24) is 5.32 Å². The molecular formula is C17H15NO4. The maximum Gasteiger partial charge on any atom is 0.408 e. The van der Waals surface area contributed by atoms with Crippen molar-refractivity contribution >= 4 is 12.1 Å². The van der Waals surface area contributed by atoms with Crippen LogP contribution in [0, 0.1) is 0 Å². The van der Waals surface area contributed by atoms with Crippen molar-refractivity contribution in [3.63, 3.8) is 0 Å². The predicted molar refractivity (Wildman–Crippen MR) is 79.9 cm³/mol. The lowest BCUT2D eigenvalue weighted by Gasteiger charge is -2.24. The first-order valence-electron chi connectivity index (χ1n) is 6.97. The molecule has 1 fully saturated rings. The van der Waals surface area contributed by atoms with Gasteiger partial charge in [0.1, 0.15) is 13.2 Å². The van der Waals surface area contributed by atoms with Crippen LogP contribution in [-0.2, 0) is 20.9 Å². The molecule has 5 nitrogen and oxygen atoms in total. The molecule has 0 aliphatic carbocycles. The second kappa shape index (κ2) is 6.30. The number of cyclic esters (lactones) is 1. The lowest BCUT2D eigenvalue weighted by molar-refractivity contribution is -0.162. The number of amides is 1. The largest absolute Gasteiger partial charge is 0.461 e. The molecule has 0 radical (unpaired) electrons. The van der Waals surface area contributed by atoms with Gasteiger partial charge in [0.15, 0.2) is 6.04 Å². The summed E-state index contributed by atoms with van der Waals surface area (Å²) in [7, 11) is 0. The molecule has 1 amide bonds. The summed E-state index contributed by atoms with van der Waals surface area (Å²) in [5, 5.41) is 2.44. The standard InChI is InChI=1S/C17H15NO4/c19-16-15(11-21-16)18-17(20)22-10-12-6-8-14(9-7-12)13-4-2-1-3-5-13/h1-9,15H,10-11H2,(H,18,20). The summed E-state index contributed by atoms with van der Waals surface area (Å²) >= 11 is 0. The van der Waals surface area contributed by atoms with E-state index in [1.165, 1.54) is 0 Å². The minimum atomic E-state index is -0.617. The number of hydrogen-bond donors (Lipinski definition) is 1. The minimum absolute atomic E-state index is 0.155. The van der Waals surface area contributed by atoms with E-state index >= 15 is 0 Å². The Hall–Kier alpha value is -2.82. The predicted octanol–water partition coefficient (Wildman–Crippen LogP) is 2.51. The van der Waals surface area contributed by atoms with Crippen LogP contribution in [0.3, 0.4) is 0 Å². The molecule has 5 heteroatoms. The third-order valence-electron chi connectivity index (χ3n) is 3.40. The summed E-state index contributed by atoms with van der Waals surface area (Å²) in [5.41, 5.74) is 3.12. The van der Waals surface area contributed by atoms with Gasteiger partial charge in [0.2, 0.25) is 0 Å². The lowest BCUT2D eigenvalue weighted by atomic mass is 10.0. The lowest BCUT2D eigenvalue weighted by Crippen LogP contribution is -2.53. The second-order valence-corrected chi connectivity index (χ2v) is 4.97. The summed E-state index contributed by atoms with van der Waals surface area (Å²) in [4.78, 5) is 22.4. The van der Waals surface area contributed by atoms with E-state index in [0.29, 0.717) is 0 Å². The van der Waals surface area contributed by atoms with Crippen LogP contribution in [0.15, 0.2) is 54.6 Å². The molecule has 1 unspecified atom stereocenters. The molecule has 112 valence electrons. The molecule has 1 saturated heterocycles. The summed E-state index contributed by atoms with van der Waals surface area (Å²) in [6.45, 7) is 0.363. The van der Waals surface area contributed by atoms with Crippen molar-refractivity contribution in [2.75, 3.05) is 6.61 Å². The number of benzene rings is 2. The number of carbonyl (C=O) groups excluding carboxylic acids is 2. The van der Waals surface area contributed by atoms with E-state index in [1.807, 2.05) is 54.6 Å². The fraction of sp³-hybridized carbons (Fsp3) is 0.176. The Labute approximate surface area is 127 Å². The van der Waals surface area contributed by atoms with Gasteiger partial charge in [-0.1, -0.05) is 54.6 Å². The van der Waals surface area contributed by atoms with E-state index in [-0.39, 0.29) is 13.2 Å². The van der Waals surface area contributed by atoms with Gasteiger partial charge in [-0.15, -0.1) is 0 Å². The maximum absolute atomic E-state index is 11.5. The molecule has 0 aromatic heterocycles. The van der Waals surface area contributed by atoms with Gasteiger partial charge in [-0.2, -0.15) is 0 Å². The van der Waals surface area contributed by atoms with Crippen molar-refractivity contribution in [2.45, 2.75) is 12.6 Å². The molecule has 1 heterocycles. The van der Waals surface area contributed by atoms with Gasteiger partial charge in [-0.25, -0.2) is 9.59 Å². The van der Waals surface area contributed by atoms with E-state index in [0.717, 1.165) is 16.7 Å². The van der Waals surface area contributed by atoms with Crippen molar-refractivity contribution in [1.29, 1.82) is 0 Å². The number of alkyl carbamates (subject to hydrolysis) is 1. The molecule has 1 N–H and O–H groups in total. The fourth-order valence-electron chi connectivity index (χ4n) is 2.09. The van der Waals surface area contributed by atoms with Crippen LogP contribution in [0.1, 0.15) is 5.56 Å². The van der Waals surface area contributed by atoms with Gasteiger partial charge in [-0.05, 0) is 16.7 Å². The van der Waals surface area contributed by atoms with Gasteiger partial charge in [0.05, 0.1) is 0 Å². The first-order valence-corrected chi connectivity index (χ1v) is 6.97. The van der Waals surface area contributed by atoms with E-state index in [4.69, 9.17) is 4.74 Å². The zero-order chi connectivity index (χ0) is 15.4. The summed E-state index contributed by atoms with van der Waals surface area (Å²) in [6.07, 6.45) is -0.617. The summed E-state index contributed by atoms with van der Waals surface area (Å²) < 4.78 is 9.62. The van der Waals surface area contributed by atoms with Crippen LogP contribution in [0.5, 0.6) is 0 Å². The Kier molecular flexibility index (Phi) is 4.05. The average molecular weight is 297 g/mol. The normalized spacial score (nSPS) is 16.4. The number of hydrogen-bond acceptors (Lipinski definition) is 4. The molecule has 22 heavy (non-hydrogen) atoms. The molecule has 3 rings (SSSR count). The second-order valence-electron chi connectivity index (χ2n) is 4.97. The van der Waals surface area contributed by atoms with Crippen molar-refractivity contribution in [3.8, 4) is 11.1 Å². The average Bonchev–Trinajstić information content (AvgIpc) is 2.58. The van der Waals surface area contributed by atoms with E-state index in [9.17, 15) is 9.59 Å². The Morgan fingerprint density at radius 2 is 1.77 bits per heavy atom. The monoisotopic (exact) mass is 297 g/mol. The molecule has 1 aliphatic heterocycles. The number of rotatable bonds is 4. The molecule has 0 bridgehead atoms. The SMILES string of the molecule is O=C(NC1COC1=O)OCc1ccc(-c2ccccc2)cc1. The molecule has 2 aromatic carbocycles. The van der Waals surface area contributed by atoms with E-state index < -0.39 is 18.1 Å². The summed E-state index contributed by atoms with van der Waals surface area (Å²) in [6, 6.07) is 17.2. The topological polar surface area (TPSA) is 64.6 Å². The highest BCUT2D eigenvalue weighted by Crippen LogP contribution is 2.19. The summed E-state index contributed by atoms with van der Waals surface area (Å²) in [5.74, 6) is -0.427.